The van der Waals surface area contributed by atoms with Gasteiger partial charge in [-0.2, -0.15) is 0 Å². The van der Waals surface area contributed by atoms with E-state index in [1.807, 2.05) is 40.0 Å². The third-order valence-electron chi connectivity index (χ3n) is 4.13. The first-order valence-corrected chi connectivity index (χ1v) is 7.98. The van der Waals surface area contributed by atoms with Gasteiger partial charge in [-0.1, -0.05) is 28.9 Å². The molecule has 1 aliphatic rings. The second kappa shape index (κ2) is 6.92. The Hall–Kier alpha value is -1.88. The molecule has 1 unspecified atom stereocenters. The van der Waals surface area contributed by atoms with Crippen molar-refractivity contribution in [2.75, 3.05) is 13.1 Å². The molecule has 22 heavy (non-hydrogen) atoms. The van der Waals surface area contributed by atoms with Gasteiger partial charge in [0.2, 0.25) is 5.91 Å². The second-order valence-electron chi connectivity index (χ2n) is 5.65. The van der Waals surface area contributed by atoms with Crippen LogP contribution in [0.2, 0.25) is 5.02 Å². The number of aromatic nitrogens is 3. The van der Waals surface area contributed by atoms with Gasteiger partial charge in [0.1, 0.15) is 0 Å². The lowest BCUT2D eigenvalue weighted by Crippen LogP contribution is -2.33. The molecule has 2 heterocycles. The third kappa shape index (κ3) is 3.65. The summed E-state index contributed by atoms with van der Waals surface area (Å²) in [6.07, 6.45) is 7.00. The number of benzene rings is 1. The van der Waals surface area contributed by atoms with Crippen LogP contribution < -0.4 is 0 Å². The van der Waals surface area contributed by atoms with E-state index in [2.05, 4.69) is 10.3 Å². The maximum absolute atomic E-state index is 12.5. The lowest BCUT2D eigenvalue weighted by Gasteiger charge is -2.20. The van der Waals surface area contributed by atoms with E-state index >= 15 is 0 Å². The standard InChI is InChI=1S/C16H19ClN4O/c17-14-5-3-13(4-6-14)12-16(22)20-9-1-2-15(7-10-20)21-11-8-18-19-21/h3-6,8,11,15H,1-2,7,9-10,12H2. The Kier molecular flexibility index (Phi) is 4.73. The predicted octanol–water partition coefficient (Wildman–Crippen LogP) is 2.73. The van der Waals surface area contributed by atoms with Crippen LogP contribution in [0.4, 0.5) is 0 Å². The van der Waals surface area contributed by atoms with Gasteiger partial charge in [-0.25, -0.2) is 4.68 Å². The largest absolute Gasteiger partial charge is 0.342 e. The fourth-order valence-corrected chi connectivity index (χ4v) is 3.02. The summed E-state index contributed by atoms with van der Waals surface area (Å²) in [6, 6.07) is 7.82. The van der Waals surface area contributed by atoms with E-state index in [0.29, 0.717) is 17.5 Å². The van der Waals surface area contributed by atoms with Gasteiger partial charge in [0, 0.05) is 24.3 Å². The summed E-state index contributed by atoms with van der Waals surface area (Å²) >= 11 is 5.87. The summed E-state index contributed by atoms with van der Waals surface area (Å²) in [5, 5.41) is 8.64. The number of nitrogens with zero attached hydrogens (tertiary/aromatic N) is 4. The molecule has 2 aromatic rings. The molecule has 116 valence electrons. The molecule has 1 atom stereocenters. The zero-order valence-electron chi connectivity index (χ0n) is 12.4. The minimum Gasteiger partial charge on any atom is -0.342 e. The van der Waals surface area contributed by atoms with Crippen LogP contribution in [0.5, 0.6) is 0 Å². The van der Waals surface area contributed by atoms with Gasteiger partial charge >= 0.3 is 0 Å². The summed E-state index contributed by atoms with van der Waals surface area (Å²) in [5.74, 6) is 0.182. The van der Waals surface area contributed by atoms with E-state index in [9.17, 15) is 4.79 Å². The van der Waals surface area contributed by atoms with Gasteiger partial charge < -0.3 is 4.90 Å². The van der Waals surface area contributed by atoms with Crippen LogP contribution in [0, 0.1) is 0 Å². The Balaban J connectivity index is 1.58. The molecule has 1 fully saturated rings. The van der Waals surface area contributed by atoms with Crippen molar-refractivity contribution in [1.29, 1.82) is 0 Å². The Morgan fingerprint density at radius 1 is 1.23 bits per heavy atom. The van der Waals surface area contributed by atoms with Gasteiger partial charge in [-0.3, -0.25) is 4.79 Å². The first-order valence-electron chi connectivity index (χ1n) is 7.60. The van der Waals surface area contributed by atoms with Crippen molar-refractivity contribution >= 4 is 17.5 Å². The number of amides is 1. The average Bonchev–Trinajstić information content (AvgIpc) is 2.94. The second-order valence-corrected chi connectivity index (χ2v) is 6.09. The fourth-order valence-electron chi connectivity index (χ4n) is 2.89. The zero-order valence-corrected chi connectivity index (χ0v) is 13.1. The van der Waals surface area contributed by atoms with E-state index in [4.69, 9.17) is 11.6 Å². The highest BCUT2D eigenvalue weighted by molar-refractivity contribution is 6.30. The summed E-state index contributed by atoms with van der Waals surface area (Å²) in [6.45, 7) is 1.59. The smallest absolute Gasteiger partial charge is 0.226 e. The van der Waals surface area contributed by atoms with Gasteiger partial charge in [-0.15, -0.1) is 5.10 Å². The van der Waals surface area contributed by atoms with Crippen molar-refractivity contribution in [3.8, 4) is 0 Å². The average molecular weight is 319 g/mol. The lowest BCUT2D eigenvalue weighted by molar-refractivity contribution is -0.130. The molecule has 0 aliphatic carbocycles. The van der Waals surface area contributed by atoms with Crippen LogP contribution in [0.1, 0.15) is 30.9 Å². The number of rotatable bonds is 3. The molecular weight excluding hydrogens is 300 g/mol. The highest BCUT2D eigenvalue weighted by Gasteiger charge is 2.22. The Bertz CT molecular complexity index is 612. The monoisotopic (exact) mass is 318 g/mol. The van der Waals surface area contributed by atoms with E-state index in [-0.39, 0.29) is 5.91 Å². The summed E-state index contributed by atoms with van der Waals surface area (Å²) in [7, 11) is 0. The van der Waals surface area contributed by atoms with Crippen molar-refractivity contribution in [2.24, 2.45) is 0 Å². The van der Waals surface area contributed by atoms with Crippen LogP contribution in [-0.4, -0.2) is 38.9 Å². The Labute approximate surface area is 134 Å². The first-order chi connectivity index (χ1) is 10.7. The van der Waals surface area contributed by atoms with Gasteiger partial charge in [0.15, 0.2) is 0 Å². The minimum atomic E-state index is 0.182. The molecule has 3 rings (SSSR count). The molecule has 1 amide bonds. The van der Waals surface area contributed by atoms with Crippen molar-refractivity contribution in [2.45, 2.75) is 31.7 Å². The quantitative estimate of drug-likeness (QED) is 0.874. The highest BCUT2D eigenvalue weighted by atomic mass is 35.5. The van der Waals surface area contributed by atoms with E-state index < -0.39 is 0 Å². The van der Waals surface area contributed by atoms with Crippen molar-refractivity contribution in [3.63, 3.8) is 0 Å². The molecular formula is C16H19ClN4O. The number of carbonyl (C=O) groups is 1. The summed E-state index contributed by atoms with van der Waals surface area (Å²) < 4.78 is 1.91. The number of hydrogen-bond donors (Lipinski definition) is 0. The maximum atomic E-state index is 12.5. The van der Waals surface area contributed by atoms with Crippen LogP contribution in [0.3, 0.4) is 0 Å². The van der Waals surface area contributed by atoms with Crippen LogP contribution in [0.25, 0.3) is 0 Å². The zero-order chi connectivity index (χ0) is 15.4. The number of halogens is 1. The van der Waals surface area contributed by atoms with Gasteiger partial charge in [0.25, 0.3) is 0 Å². The normalized spacial score (nSPS) is 19.0. The SMILES string of the molecule is O=C(Cc1ccc(Cl)cc1)N1CCCC(n2ccnn2)CC1. The van der Waals surface area contributed by atoms with Crippen molar-refractivity contribution in [3.05, 3.63) is 47.2 Å². The van der Waals surface area contributed by atoms with E-state index in [0.717, 1.165) is 37.9 Å². The number of likely N-dealkylation sites (tertiary alicyclic amines) is 1. The van der Waals surface area contributed by atoms with Crippen LogP contribution >= 0.6 is 11.6 Å². The number of carbonyl (C=O) groups excluding carboxylic acids is 1. The summed E-state index contributed by atoms with van der Waals surface area (Å²) in [4.78, 5) is 14.4. The van der Waals surface area contributed by atoms with Crippen LogP contribution in [0.15, 0.2) is 36.7 Å². The lowest BCUT2D eigenvalue weighted by atomic mass is 10.1. The van der Waals surface area contributed by atoms with Crippen LogP contribution in [-0.2, 0) is 11.2 Å². The van der Waals surface area contributed by atoms with Gasteiger partial charge in [0.05, 0.1) is 18.7 Å². The molecule has 0 saturated carbocycles. The molecule has 0 radical (unpaired) electrons. The topological polar surface area (TPSA) is 51.0 Å². The molecule has 1 aliphatic heterocycles. The fraction of sp³-hybridized carbons (Fsp3) is 0.438. The molecule has 1 aromatic carbocycles. The van der Waals surface area contributed by atoms with E-state index in [1.165, 1.54) is 0 Å². The molecule has 5 nitrogen and oxygen atoms in total. The number of hydrogen-bond acceptors (Lipinski definition) is 3. The predicted molar refractivity (Wildman–Crippen MR) is 84.6 cm³/mol. The third-order valence-corrected chi connectivity index (χ3v) is 4.39. The molecule has 1 aromatic heterocycles. The molecule has 1 saturated heterocycles. The molecule has 0 bridgehead atoms. The van der Waals surface area contributed by atoms with Crippen molar-refractivity contribution in [1.82, 2.24) is 19.9 Å². The minimum absolute atomic E-state index is 0.182. The molecule has 0 N–H and O–H groups in total. The summed E-state index contributed by atoms with van der Waals surface area (Å²) in [5.41, 5.74) is 1.01. The van der Waals surface area contributed by atoms with Crippen molar-refractivity contribution < 1.29 is 4.79 Å². The maximum Gasteiger partial charge on any atom is 0.226 e. The van der Waals surface area contributed by atoms with E-state index in [1.54, 1.807) is 6.20 Å². The molecule has 0 spiro atoms. The van der Waals surface area contributed by atoms with Gasteiger partial charge in [-0.05, 0) is 37.0 Å². The Morgan fingerprint density at radius 2 is 2.05 bits per heavy atom. The molecule has 6 heteroatoms. The first kappa shape index (κ1) is 15.0. The Morgan fingerprint density at radius 3 is 2.77 bits per heavy atom. The highest BCUT2D eigenvalue weighted by Crippen LogP contribution is 2.22.